The molecule has 4 rings (SSSR count). The van der Waals surface area contributed by atoms with Crippen molar-refractivity contribution in [2.45, 2.75) is 6.04 Å². The van der Waals surface area contributed by atoms with Crippen molar-refractivity contribution in [1.82, 2.24) is 19.5 Å². The first-order chi connectivity index (χ1) is 12.7. The number of carbonyl (C=O) groups is 2. The number of morpholine rings is 1. The molecule has 0 radical (unpaired) electrons. The van der Waals surface area contributed by atoms with Gasteiger partial charge in [-0.3, -0.25) is 4.79 Å². The zero-order valence-corrected chi connectivity index (χ0v) is 13.8. The molecule has 1 atom stereocenters. The van der Waals surface area contributed by atoms with Gasteiger partial charge in [0.25, 0.3) is 5.91 Å². The van der Waals surface area contributed by atoms with E-state index in [1.54, 1.807) is 10.7 Å². The van der Waals surface area contributed by atoms with Gasteiger partial charge in [-0.2, -0.15) is 5.10 Å². The minimum atomic E-state index is -1.09. The molecule has 1 saturated heterocycles. The van der Waals surface area contributed by atoms with Gasteiger partial charge < -0.3 is 14.7 Å². The third-order valence-electron chi connectivity index (χ3n) is 4.38. The molecule has 1 amide bonds. The molecule has 1 N–H and O–H groups in total. The fourth-order valence-electron chi connectivity index (χ4n) is 3.08. The molecule has 8 heteroatoms. The highest BCUT2D eigenvalue weighted by Gasteiger charge is 2.34. The van der Waals surface area contributed by atoms with E-state index in [0.717, 1.165) is 11.3 Å². The SMILES string of the molecule is O=C(O)C1COCCN1C(=O)c1cnn2c(-c3ccccc3)ccnc12. The molecule has 1 aliphatic heterocycles. The first-order valence-electron chi connectivity index (χ1n) is 8.16. The second kappa shape index (κ2) is 6.57. The van der Waals surface area contributed by atoms with Crippen LogP contribution in [0.2, 0.25) is 0 Å². The van der Waals surface area contributed by atoms with Crippen LogP contribution in [0.15, 0.2) is 48.8 Å². The van der Waals surface area contributed by atoms with Crippen LogP contribution in [0.25, 0.3) is 16.9 Å². The Kier molecular flexibility index (Phi) is 4.10. The number of carboxylic acids is 1. The highest BCUT2D eigenvalue weighted by atomic mass is 16.5. The molecular weight excluding hydrogens is 336 g/mol. The Balaban J connectivity index is 1.76. The van der Waals surface area contributed by atoms with Gasteiger partial charge in [0, 0.05) is 18.3 Å². The van der Waals surface area contributed by atoms with E-state index in [4.69, 9.17) is 4.74 Å². The highest BCUT2D eigenvalue weighted by molar-refractivity contribution is 6.01. The van der Waals surface area contributed by atoms with Crippen molar-refractivity contribution in [2.24, 2.45) is 0 Å². The summed E-state index contributed by atoms with van der Waals surface area (Å²) in [5.41, 5.74) is 2.41. The second-order valence-electron chi connectivity index (χ2n) is 5.92. The van der Waals surface area contributed by atoms with Crippen molar-refractivity contribution >= 4 is 17.5 Å². The summed E-state index contributed by atoms with van der Waals surface area (Å²) in [4.78, 5) is 30.0. The van der Waals surface area contributed by atoms with E-state index in [1.807, 2.05) is 36.4 Å². The fourth-order valence-corrected chi connectivity index (χ4v) is 3.08. The molecule has 1 fully saturated rings. The Morgan fingerprint density at radius 1 is 1.19 bits per heavy atom. The van der Waals surface area contributed by atoms with Gasteiger partial charge in [-0.25, -0.2) is 14.3 Å². The Labute approximate surface area is 148 Å². The maximum atomic E-state index is 13.0. The number of amides is 1. The molecule has 8 nitrogen and oxygen atoms in total. The molecule has 2 aromatic heterocycles. The summed E-state index contributed by atoms with van der Waals surface area (Å²) in [6.07, 6.45) is 3.05. The Bertz CT molecular complexity index is 970. The summed E-state index contributed by atoms with van der Waals surface area (Å²) in [6, 6.07) is 10.5. The van der Waals surface area contributed by atoms with Gasteiger partial charge in [0.1, 0.15) is 5.56 Å². The molecule has 0 aliphatic carbocycles. The number of carboxylic acid groups (broad SMARTS) is 1. The van der Waals surface area contributed by atoms with Gasteiger partial charge in [-0.15, -0.1) is 0 Å². The largest absolute Gasteiger partial charge is 0.480 e. The zero-order valence-electron chi connectivity index (χ0n) is 13.8. The topological polar surface area (TPSA) is 97.0 Å². The van der Waals surface area contributed by atoms with Gasteiger partial charge in [-0.1, -0.05) is 30.3 Å². The molecule has 26 heavy (non-hydrogen) atoms. The van der Waals surface area contributed by atoms with E-state index in [0.29, 0.717) is 12.3 Å². The zero-order chi connectivity index (χ0) is 18.1. The predicted octanol–water partition coefficient (Wildman–Crippen LogP) is 1.32. The number of benzene rings is 1. The first-order valence-corrected chi connectivity index (χ1v) is 8.16. The minimum Gasteiger partial charge on any atom is -0.480 e. The van der Waals surface area contributed by atoms with Crippen LogP contribution in [0.3, 0.4) is 0 Å². The van der Waals surface area contributed by atoms with Crippen molar-refractivity contribution in [3.8, 4) is 11.3 Å². The van der Waals surface area contributed by atoms with Crippen LogP contribution in [-0.4, -0.2) is 62.3 Å². The van der Waals surface area contributed by atoms with E-state index in [2.05, 4.69) is 10.1 Å². The lowest BCUT2D eigenvalue weighted by Crippen LogP contribution is -2.52. The number of hydrogen-bond acceptors (Lipinski definition) is 5. The van der Waals surface area contributed by atoms with Crippen LogP contribution in [-0.2, 0) is 9.53 Å². The van der Waals surface area contributed by atoms with Crippen molar-refractivity contribution in [1.29, 1.82) is 0 Å². The number of ether oxygens (including phenoxy) is 1. The van der Waals surface area contributed by atoms with Crippen molar-refractivity contribution in [3.63, 3.8) is 0 Å². The number of nitrogens with zero attached hydrogens (tertiary/aromatic N) is 4. The Hall–Kier alpha value is -3.26. The van der Waals surface area contributed by atoms with E-state index in [1.165, 1.54) is 11.1 Å². The summed E-state index contributed by atoms with van der Waals surface area (Å²) in [5.74, 6) is -1.50. The number of rotatable bonds is 3. The minimum absolute atomic E-state index is 0.0248. The number of hydrogen-bond donors (Lipinski definition) is 1. The molecule has 3 aromatic rings. The van der Waals surface area contributed by atoms with Crippen LogP contribution in [0, 0.1) is 0 Å². The second-order valence-corrected chi connectivity index (χ2v) is 5.92. The van der Waals surface area contributed by atoms with Crippen LogP contribution in [0.4, 0.5) is 0 Å². The number of aromatic nitrogens is 3. The number of carbonyl (C=O) groups excluding carboxylic acids is 1. The number of fused-ring (bicyclic) bond motifs is 1. The molecule has 0 bridgehead atoms. The first kappa shape index (κ1) is 16.2. The van der Waals surface area contributed by atoms with Gasteiger partial charge in [0.2, 0.25) is 0 Å². The van der Waals surface area contributed by atoms with Gasteiger partial charge in [-0.05, 0) is 6.07 Å². The quantitative estimate of drug-likeness (QED) is 0.764. The van der Waals surface area contributed by atoms with E-state index in [9.17, 15) is 14.7 Å². The standard InChI is InChI=1S/C18H16N4O4/c23-17(21-8-9-26-11-15(21)18(24)25)13-10-20-22-14(6-7-19-16(13)22)12-4-2-1-3-5-12/h1-7,10,15H,8-9,11H2,(H,24,25). The summed E-state index contributed by atoms with van der Waals surface area (Å²) in [5, 5.41) is 13.7. The van der Waals surface area contributed by atoms with Crippen LogP contribution in [0.5, 0.6) is 0 Å². The summed E-state index contributed by atoms with van der Waals surface area (Å²) >= 11 is 0. The van der Waals surface area contributed by atoms with Crippen LogP contribution < -0.4 is 0 Å². The van der Waals surface area contributed by atoms with Gasteiger partial charge in [0.05, 0.1) is 25.1 Å². The average molecular weight is 352 g/mol. The lowest BCUT2D eigenvalue weighted by Gasteiger charge is -2.32. The highest BCUT2D eigenvalue weighted by Crippen LogP contribution is 2.22. The van der Waals surface area contributed by atoms with Crippen LogP contribution in [0.1, 0.15) is 10.4 Å². The van der Waals surface area contributed by atoms with E-state index < -0.39 is 17.9 Å². The lowest BCUT2D eigenvalue weighted by molar-refractivity contribution is -0.147. The summed E-state index contributed by atoms with van der Waals surface area (Å²) in [7, 11) is 0. The maximum absolute atomic E-state index is 13.0. The van der Waals surface area contributed by atoms with Crippen LogP contribution >= 0.6 is 0 Å². The fraction of sp³-hybridized carbons (Fsp3) is 0.222. The summed E-state index contributed by atoms with van der Waals surface area (Å²) in [6.45, 7) is 0.492. The predicted molar refractivity (Wildman–Crippen MR) is 91.7 cm³/mol. The molecule has 1 aliphatic rings. The number of aliphatic carboxylic acids is 1. The third kappa shape index (κ3) is 2.70. The van der Waals surface area contributed by atoms with Crippen molar-refractivity contribution in [3.05, 3.63) is 54.4 Å². The third-order valence-corrected chi connectivity index (χ3v) is 4.38. The molecule has 0 saturated carbocycles. The molecular formula is C18H16N4O4. The van der Waals surface area contributed by atoms with Crippen molar-refractivity contribution < 1.29 is 19.4 Å². The smallest absolute Gasteiger partial charge is 0.328 e. The molecule has 132 valence electrons. The van der Waals surface area contributed by atoms with E-state index in [-0.39, 0.29) is 18.7 Å². The molecule has 1 aromatic carbocycles. The van der Waals surface area contributed by atoms with E-state index >= 15 is 0 Å². The average Bonchev–Trinajstić information content (AvgIpc) is 3.12. The molecule has 1 unspecified atom stereocenters. The van der Waals surface area contributed by atoms with Crippen molar-refractivity contribution in [2.75, 3.05) is 19.8 Å². The van der Waals surface area contributed by atoms with Gasteiger partial charge in [0.15, 0.2) is 11.7 Å². The molecule has 0 spiro atoms. The summed E-state index contributed by atoms with van der Waals surface area (Å²) < 4.78 is 6.79. The lowest BCUT2D eigenvalue weighted by atomic mass is 10.1. The maximum Gasteiger partial charge on any atom is 0.328 e. The van der Waals surface area contributed by atoms with Gasteiger partial charge >= 0.3 is 5.97 Å². The molecule has 3 heterocycles. The monoisotopic (exact) mass is 352 g/mol. The normalized spacial score (nSPS) is 17.4. The Morgan fingerprint density at radius 3 is 2.77 bits per heavy atom. The Morgan fingerprint density at radius 2 is 2.00 bits per heavy atom.